The lowest BCUT2D eigenvalue weighted by Gasteiger charge is -2.34. The van der Waals surface area contributed by atoms with Crippen molar-refractivity contribution in [2.45, 2.75) is 37.3 Å². The molecule has 2 rings (SSSR count). The molecule has 0 radical (unpaired) electrons. The molecule has 0 spiro atoms. The zero-order valence-electron chi connectivity index (χ0n) is 9.38. The number of rotatable bonds is 4. The molecule has 2 saturated heterocycles. The number of ether oxygens (including phenoxy) is 1. The fraction of sp³-hybridized carbons (Fsp3) is 1.00. The summed E-state index contributed by atoms with van der Waals surface area (Å²) in [4.78, 5) is 2.69. The van der Waals surface area contributed by atoms with E-state index in [1.54, 1.807) is 0 Å². The molecule has 0 saturated carbocycles. The summed E-state index contributed by atoms with van der Waals surface area (Å²) in [6, 6.07) is 0.748. The molecule has 2 heterocycles. The topological polar surface area (TPSA) is 24.5 Å². The standard InChI is InChI=1S/C11H22N2O/c1-12-8-10-4-6-11(9-14-2)5-3-7-13(10)11/h10,12H,3-9H2,1-2H3. The molecule has 3 heteroatoms. The Balaban J connectivity index is 2.04. The fourth-order valence-corrected chi connectivity index (χ4v) is 3.33. The van der Waals surface area contributed by atoms with E-state index in [1.165, 1.54) is 32.2 Å². The first-order valence-electron chi connectivity index (χ1n) is 5.73. The van der Waals surface area contributed by atoms with Crippen LogP contribution in [0.3, 0.4) is 0 Å². The molecule has 1 N–H and O–H groups in total. The van der Waals surface area contributed by atoms with Crippen LogP contribution < -0.4 is 5.32 Å². The van der Waals surface area contributed by atoms with Crippen LogP contribution in [0.2, 0.25) is 0 Å². The molecule has 0 aromatic rings. The van der Waals surface area contributed by atoms with Crippen molar-refractivity contribution in [3.05, 3.63) is 0 Å². The maximum absolute atomic E-state index is 5.39. The van der Waals surface area contributed by atoms with Crippen LogP contribution in [0.5, 0.6) is 0 Å². The minimum Gasteiger partial charge on any atom is -0.383 e. The van der Waals surface area contributed by atoms with E-state index in [4.69, 9.17) is 4.74 Å². The monoisotopic (exact) mass is 198 g/mol. The highest BCUT2D eigenvalue weighted by Gasteiger charge is 2.48. The number of likely N-dealkylation sites (N-methyl/N-ethyl adjacent to an activating group) is 1. The van der Waals surface area contributed by atoms with Gasteiger partial charge < -0.3 is 10.1 Å². The van der Waals surface area contributed by atoms with Crippen molar-refractivity contribution in [2.75, 3.05) is 33.9 Å². The largest absolute Gasteiger partial charge is 0.383 e. The third-order valence-electron chi connectivity index (χ3n) is 3.89. The summed E-state index contributed by atoms with van der Waals surface area (Å²) in [5.74, 6) is 0. The molecule has 2 fully saturated rings. The lowest BCUT2D eigenvalue weighted by Crippen LogP contribution is -2.47. The maximum Gasteiger partial charge on any atom is 0.0646 e. The summed E-state index contributed by atoms with van der Waals surface area (Å²) in [5, 5.41) is 3.30. The summed E-state index contributed by atoms with van der Waals surface area (Å²) in [7, 11) is 3.88. The van der Waals surface area contributed by atoms with Crippen LogP contribution >= 0.6 is 0 Å². The zero-order chi connectivity index (χ0) is 10.0. The predicted octanol–water partition coefficient (Wildman–Crippen LogP) is 0.849. The fourth-order valence-electron chi connectivity index (χ4n) is 3.33. The van der Waals surface area contributed by atoms with Gasteiger partial charge in [0, 0.05) is 25.2 Å². The van der Waals surface area contributed by atoms with Crippen LogP contribution in [0.15, 0.2) is 0 Å². The molecule has 0 aromatic carbocycles. The minimum atomic E-state index is 0.399. The van der Waals surface area contributed by atoms with Gasteiger partial charge in [0.15, 0.2) is 0 Å². The second-order valence-electron chi connectivity index (χ2n) is 4.70. The molecule has 14 heavy (non-hydrogen) atoms. The molecular weight excluding hydrogens is 176 g/mol. The Labute approximate surface area is 86.8 Å². The second kappa shape index (κ2) is 4.17. The van der Waals surface area contributed by atoms with Crippen molar-refractivity contribution in [1.29, 1.82) is 0 Å². The van der Waals surface area contributed by atoms with Crippen LogP contribution in [-0.4, -0.2) is 50.3 Å². The van der Waals surface area contributed by atoms with Gasteiger partial charge in [-0.1, -0.05) is 0 Å². The quantitative estimate of drug-likeness (QED) is 0.725. The van der Waals surface area contributed by atoms with E-state index in [1.807, 2.05) is 14.2 Å². The lowest BCUT2D eigenvalue weighted by atomic mass is 9.95. The molecule has 0 bridgehead atoms. The van der Waals surface area contributed by atoms with Crippen molar-refractivity contribution >= 4 is 0 Å². The minimum absolute atomic E-state index is 0.399. The van der Waals surface area contributed by atoms with Gasteiger partial charge in [-0.2, -0.15) is 0 Å². The van der Waals surface area contributed by atoms with E-state index in [9.17, 15) is 0 Å². The molecule has 3 nitrogen and oxygen atoms in total. The number of hydrogen-bond donors (Lipinski definition) is 1. The Morgan fingerprint density at radius 1 is 1.50 bits per heavy atom. The van der Waals surface area contributed by atoms with Crippen LogP contribution in [0, 0.1) is 0 Å². The Hall–Kier alpha value is -0.120. The molecule has 2 aliphatic heterocycles. The van der Waals surface area contributed by atoms with Gasteiger partial charge in [0.2, 0.25) is 0 Å². The average Bonchev–Trinajstić information content (AvgIpc) is 2.68. The highest BCUT2D eigenvalue weighted by Crippen LogP contribution is 2.42. The van der Waals surface area contributed by atoms with Gasteiger partial charge in [-0.25, -0.2) is 0 Å². The average molecular weight is 198 g/mol. The SMILES string of the molecule is CNCC1CCC2(COC)CCCN12. The van der Waals surface area contributed by atoms with Gasteiger partial charge in [0.1, 0.15) is 0 Å². The number of nitrogens with one attached hydrogen (secondary N) is 1. The van der Waals surface area contributed by atoms with Crippen molar-refractivity contribution in [3.63, 3.8) is 0 Å². The summed E-state index contributed by atoms with van der Waals surface area (Å²) in [5.41, 5.74) is 0.399. The molecule has 82 valence electrons. The van der Waals surface area contributed by atoms with E-state index >= 15 is 0 Å². The summed E-state index contributed by atoms with van der Waals surface area (Å²) in [6.07, 6.45) is 5.35. The number of fused-ring (bicyclic) bond motifs is 1. The van der Waals surface area contributed by atoms with E-state index in [-0.39, 0.29) is 0 Å². The van der Waals surface area contributed by atoms with Crippen molar-refractivity contribution in [2.24, 2.45) is 0 Å². The molecular formula is C11H22N2O. The number of nitrogens with zero attached hydrogens (tertiary/aromatic N) is 1. The van der Waals surface area contributed by atoms with Gasteiger partial charge in [0.25, 0.3) is 0 Å². The number of methoxy groups -OCH3 is 1. The Kier molecular flexibility index (Phi) is 3.10. The van der Waals surface area contributed by atoms with E-state index in [2.05, 4.69) is 10.2 Å². The third kappa shape index (κ3) is 1.58. The first-order chi connectivity index (χ1) is 6.82. The van der Waals surface area contributed by atoms with Crippen molar-refractivity contribution in [3.8, 4) is 0 Å². The van der Waals surface area contributed by atoms with Crippen LogP contribution in [-0.2, 0) is 4.74 Å². The van der Waals surface area contributed by atoms with Gasteiger partial charge in [-0.15, -0.1) is 0 Å². The lowest BCUT2D eigenvalue weighted by molar-refractivity contribution is 0.0501. The smallest absolute Gasteiger partial charge is 0.0646 e. The van der Waals surface area contributed by atoms with Gasteiger partial charge in [-0.05, 0) is 39.3 Å². The van der Waals surface area contributed by atoms with E-state index < -0.39 is 0 Å². The van der Waals surface area contributed by atoms with Crippen LogP contribution in [0.4, 0.5) is 0 Å². The third-order valence-corrected chi connectivity index (χ3v) is 3.89. The van der Waals surface area contributed by atoms with Gasteiger partial charge >= 0.3 is 0 Å². The molecule has 0 amide bonds. The van der Waals surface area contributed by atoms with Crippen LogP contribution in [0.25, 0.3) is 0 Å². The summed E-state index contributed by atoms with van der Waals surface area (Å²) < 4.78 is 5.39. The first kappa shape index (κ1) is 10.4. The predicted molar refractivity (Wildman–Crippen MR) is 57.5 cm³/mol. The molecule has 2 unspecified atom stereocenters. The highest BCUT2D eigenvalue weighted by atomic mass is 16.5. The van der Waals surface area contributed by atoms with Gasteiger partial charge in [-0.3, -0.25) is 4.90 Å². The van der Waals surface area contributed by atoms with E-state index in [0.29, 0.717) is 5.54 Å². The second-order valence-corrected chi connectivity index (χ2v) is 4.70. The molecule has 0 aliphatic carbocycles. The molecule has 0 aromatic heterocycles. The summed E-state index contributed by atoms with van der Waals surface area (Å²) >= 11 is 0. The van der Waals surface area contributed by atoms with Crippen molar-refractivity contribution < 1.29 is 4.74 Å². The highest BCUT2D eigenvalue weighted by molar-refractivity contribution is 5.04. The Morgan fingerprint density at radius 2 is 2.36 bits per heavy atom. The maximum atomic E-state index is 5.39. The molecule has 2 aliphatic rings. The Morgan fingerprint density at radius 3 is 3.07 bits per heavy atom. The van der Waals surface area contributed by atoms with E-state index in [0.717, 1.165) is 19.2 Å². The normalized spacial score (nSPS) is 37.7. The molecule has 2 atom stereocenters. The zero-order valence-corrected chi connectivity index (χ0v) is 9.38. The number of hydrogen-bond acceptors (Lipinski definition) is 3. The van der Waals surface area contributed by atoms with Crippen LogP contribution in [0.1, 0.15) is 25.7 Å². The first-order valence-corrected chi connectivity index (χ1v) is 5.73. The summed E-state index contributed by atoms with van der Waals surface area (Å²) in [6.45, 7) is 3.33. The Bertz CT molecular complexity index is 198. The van der Waals surface area contributed by atoms with Gasteiger partial charge in [0.05, 0.1) is 6.61 Å². The van der Waals surface area contributed by atoms with Crippen molar-refractivity contribution in [1.82, 2.24) is 10.2 Å².